The second kappa shape index (κ2) is 6.89. The highest BCUT2D eigenvalue weighted by molar-refractivity contribution is 5.92. The van der Waals surface area contributed by atoms with E-state index in [1.54, 1.807) is 30.3 Å². The number of carboxylic acids is 1. The number of nitrogens with one attached hydrogen (secondary N) is 1. The summed E-state index contributed by atoms with van der Waals surface area (Å²) in [7, 11) is 0. The van der Waals surface area contributed by atoms with Crippen molar-refractivity contribution in [2.45, 2.75) is 25.7 Å². The number of hydrogen-bond donors (Lipinski definition) is 2. The fourth-order valence-corrected chi connectivity index (χ4v) is 1.98. The summed E-state index contributed by atoms with van der Waals surface area (Å²) in [5, 5.41) is 15.7. The molecule has 6 nitrogen and oxygen atoms in total. The Bertz CT molecular complexity index is 649. The summed E-state index contributed by atoms with van der Waals surface area (Å²) < 4.78 is 4.98. The van der Waals surface area contributed by atoms with Gasteiger partial charge in [0.2, 0.25) is 5.76 Å². The van der Waals surface area contributed by atoms with E-state index in [0.29, 0.717) is 11.3 Å². The van der Waals surface area contributed by atoms with Gasteiger partial charge in [-0.25, -0.2) is 0 Å². The van der Waals surface area contributed by atoms with Gasteiger partial charge in [-0.1, -0.05) is 49.3 Å². The van der Waals surface area contributed by atoms with E-state index in [4.69, 9.17) is 4.52 Å². The normalized spacial score (nSPS) is 12.1. The van der Waals surface area contributed by atoms with Crippen molar-refractivity contribution in [1.29, 1.82) is 0 Å². The van der Waals surface area contributed by atoms with Crippen LogP contribution in [-0.4, -0.2) is 28.7 Å². The van der Waals surface area contributed by atoms with Gasteiger partial charge in [-0.3, -0.25) is 9.59 Å². The van der Waals surface area contributed by atoms with Gasteiger partial charge in [-0.15, -0.1) is 0 Å². The lowest BCUT2D eigenvalue weighted by Crippen LogP contribution is -2.31. The van der Waals surface area contributed by atoms with Crippen LogP contribution in [0.1, 0.15) is 47.5 Å². The molecule has 0 spiro atoms. The van der Waals surface area contributed by atoms with Crippen molar-refractivity contribution in [2.75, 3.05) is 6.54 Å². The zero-order chi connectivity index (χ0) is 16.1. The van der Waals surface area contributed by atoms with Crippen LogP contribution in [0.3, 0.4) is 0 Å². The van der Waals surface area contributed by atoms with E-state index in [-0.39, 0.29) is 18.2 Å². The van der Waals surface area contributed by atoms with Crippen LogP contribution in [-0.2, 0) is 4.79 Å². The monoisotopic (exact) mass is 302 g/mol. The molecule has 1 unspecified atom stereocenters. The van der Waals surface area contributed by atoms with Crippen LogP contribution in [0.4, 0.5) is 0 Å². The van der Waals surface area contributed by atoms with E-state index >= 15 is 0 Å². The van der Waals surface area contributed by atoms with Gasteiger partial charge >= 0.3 is 5.97 Å². The number of carbonyl (C=O) groups excluding carboxylic acids is 1. The third kappa shape index (κ3) is 3.72. The SMILES string of the molecule is CC(C)c1cc(C(=O)NCC(C(=O)O)c2ccccc2)on1. The smallest absolute Gasteiger partial charge is 0.312 e. The highest BCUT2D eigenvalue weighted by Crippen LogP contribution is 2.16. The molecule has 0 aliphatic heterocycles. The maximum Gasteiger partial charge on any atom is 0.312 e. The Kier molecular flexibility index (Phi) is 4.93. The molecule has 0 fully saturated rings. The van der Waals surface area contributed by atoms with Crippen LogP contribution >= 0.6 is 0 Å². The Hall–Kier alpha value is -2.63. The van der Waals surface area contributed by atoms with Gasteiger partial charge in [-0.2, -0.15) is 0 Å². The number of carboxylic acid groups (broad SMARTS) is 1. The number of hydrogen-bond acceptors (Lipinski definition) is 4. The topological polar surface area (TPSA) is 92.4 Å². The molecule has 22 heavy (non-hydrogen) atoms. The first-order valence-corrected chi connectivity index (χ1v) is 7.01. The second-order valence-electron chi connectivity index (χ2n) is 5.28. The summed E-state index contributed by atoms with van der Waals surface area (Å²) in [6.45, 7) is 3.86. The summed E-state index contributed by atoms with van der Waals surface area (Å²) >= 11 is 0. The Balaban J connectivity index is 2.03. The molecule has 6 heteroatoms. The molecule has 1 atom stereocenters. The number of nitrogens with zero attached hydrogens (tertiary/aromatic N) is 1. The molecule has 0 radical (unpaired) electrons. The maximum absolute atomic E-state index is 12.0. The van der Waals surface area contributed by atoms with Gasteiger partial charge in [-0.05, 0) is 11.5 Å². The van der Waals surface area contributed by atoms with Crippen LogP contribution in [0.2, 0.25) is 0 Å². The maximum atomic E-state index is 12.0. The lowest BCUT2D eigenvalue weighted by molar-refractivity contribution is -0.138. The summed E-state index contributed by atoms with van der Waals surface area (Å²) in [5.74, 6) is -2.03. The van der Waals surface area contributed by atoms with Crippen molar-refractivity contribution < 1.29 is 19.2 Å². The molecule has 1 aromatic heterocycles. The molecule has 1 heterocycles. The molecular weight excluding hydrogens is 284 g/mol. The summed E-state index contributed by atoms with van der Waals surface area (Å²) in [5.41, 5.74) is 1.32. The Morgan fingerprint density at radius 2 is 1.95 bits per heavy atom. The average molecular weight is 302 g/mol. The summed E-state index contributed by atoms with van der Waals surface area (Å²) in [6.07, 6.45) is 0. The highest BCUT2D eigenvalue weighted by atomic mass is 16.5. The van der Waals surface area contributed by atoms with Crippen LogP contribution < -0.4 is 5.32 Å². The van der Waals surface area contributed by atoms with Crippen molar-refractivity contribution >= 4 is 11.9 Å². The standard InChI is InChI=1S/C16H18N2O4/c1-10(2)13-8-14(22-18-13)15(19)17-9-12(16(20)21)11-6-4-3-5-7-11/h3-8,10,12H,9H2,1-2H3,(H,17,19)(H,20,21). The van der Waals surface area contributed by atoms with Crippen molar-refractivity contribution in [3.63, 3.8) is 0 Å². The number of amides is 1. The molecule has 0 aliphatic carbocycles. The van der Waals surface area contributed by atoms with Crippen molar-refractivity contribution in [3.05, 3.63) is 53.4 Å². The first-order valence-electron chi connectivity index (χ1n) is 7.01. The second-order valence-corrected chi connectivity index (χ2v) is 5.28. The van der Waals surface area contributed by atoms with Crippen molar-refractivity contribution in [2.24, 2.45) is 0 Å². The molecule has 2 aromatic rings. The summed E-state index contributed by atoms with van der Waals surface area (Å²) in [4.78, 5) is 23.4. The Labute approximate surface area is 128 Å². The molecule has 2 rings (SSSR count). The fourth-order valence-electron chi connectivity index (χ4n) is 1.98. The minimum atomic E-state index is -0.994. The molecule has 1 aromatic carbocycles. The zero-order valence-corrected chi connectivity index (χ0v) is 12.4. The molecule has 0 aliphatic rings. The lowest BCUT2D eigenvalue weighted by atomic mass is 9.99. The molecule has 1 amide bonds. The number of carbonyl (C=O) groups is 2. The fraction of sp³-hybridized carbons (Fsp3) is 0.312. The Morgan fingerprint density at radius 3 is 2.50 bits per heavy atom. The molecule has 0 saturated carbocycles. The minimum absolute atomic E-state index is 0.0180. The van der Waals surface area contributed by atoms with E-state index in [9.17, 15) is 14.7 Å². The first kappa shape index (κ1) is 15.8. The van der Waals surface area contributed by atoms with E-state index in [0.717, 1.165) is 0 Å². The molecule has 0 bridgehead atoms. The van der Waals surface area contributed by atoms with Crippen LogP contribution in [0, 0.1) is 0 Å². The van der Waals surface area contributed by atoms with E-state index in [2.05, 4.69) is 10.5 Å². The predicted octanol–water partition coefficient (Wildman–Crippen LogP) is 2.40. The van der Waals surface area contributed by atoms with Gasteiger partial charge in [0.15, 0.2) is 0 Å². The van der Waals surface area contributed by atoms with E-state index in [1.165, 1.54) is 0 Å². The third-order valence-corrected chi connectivity index (χ3v) is 3.31. The van der Waals surface area contributed by atoms with Gasteiger partial charge in [0.25, 0.3) is 5.91 Å². The van der Waals surface area contributed by atoms with Crippen molar-refractivity contribution in [1.82, 2.24) is 10.5 Å². The predicted molar refractivity (Wildman–Crippen MR) is 79.7 cm³/mol. The largest absolute Gasteiger partial charge is 0.481 e. The molecule has 0 saturated heterocycles. The van der Waals surface area contributed by atoms with Crippen molar-refractivity contribution in [3.8, 4) is 0 Å². The minimum Gasteiger partial charge on any atom is -0.481 e. The zero-order valence-electron chi connectivity index (χ0n) is 12.4. The Morgan fingerprint density at radius 1 is 1.27 bits per heavy atom. The average Bonchev–Trinajstić information content (AvgIpc) is 2.98. The first-order chi connectivity index (χ1) is 10.5. The molecule has 2 N–H and O–H groups in total. The third-order valence-electron chi connectivity index (χ3n) is 3.31. The highest BCUT2D eigenvalue weighted by Gasteiger charge is 2.22. The summed E-state index contributed by atoms with van der Waals surface area (Å²) in [6, 6.07) is 10.3. The molecule has 116 valence electrons. The quantitative estimate of drug-likeness (QED) is 0.854. The lowest BCUT2D eigenvalue weighted by Gasteiger charge is -2.12. The van der Waals surface area contributed by atoms with Gasteiger partial charge in [0, 0.05) is 12.6 Å². The van der Waals surface area contributed by atoms with Crippen LogP contribution in [0.5, 0.6) is 0 Å². The number of benzene rings is 1. The number of aliphatic carboxylic acids is 1. The van der Waals surface area contributed by atoms with Crippen LogP contribution in [0.15, 0.2) is 40.9 Å². The van der Waals surface area contributed by atoms with Gasteiger partial charge < -0.3 is 14.9 Å². The molecular formula is C16H18N2O4. The van der Waals surface area contributed by atoms with Gasteiger partial charge in [0.05, 0.1) is 11.6 Å². The van der Waals surface area contributed by atoms with Gasteiger partial charge in [0.1, 0.15) is 0 Å². The van der Waals surface area contributed by atoms with E-state index in [1.807, 2.05) is 19.9 Å². The van der Waals surface area contributed by atoms with E-state index < -0.39 is 17.8 Å². The number of aromatic nitrogens is 1. The number of rotatable bonds is 6. The van der Waals surface area contributed by atoms with Crippen LogP contribution in [0.25, 0.3) is 0 Å².